The van der Waals surface area contributed by atoms with Gasteiger partial charge in [0.2, 0.25) is 5.91 Å². The number of para-hydroxylation sites is 1. The highest BCUT2D eigenvalue weighted by Crippen LogP contribution is 2.29. The molecule has 1 aliphatic rings. The molecular formula is C20H22F3N3O. The standard InChI is InChI=1S/C20H22F3N3O/c1-15(19(27)24-17-9-7-16(8-10-17)20(21,22)23)25-11-13-26(14-12-25)18-5-3-2-4-6-18/h2-10,15H,11-14H2,1H3,(H,24,27). The SMILES string of the molecule is CC(C(=O)Nc1ccc(C(F)(F)F)cc1)N1CCN(c2ccccc2)CC1. The lowest BCUT2D eigenvalue weighted by Crippen LogP contribution is -2.52. The summed E-state index contributed by atoms with van der Waals surface area (Å²) < 4.78 is 37.8. The molecule has 2 aromatic rings. The molecule has 1 amide bonds. The van der Waals surface area contributed by atoms with Crippen molar-refractivity contribution >= 4 is 17.3 Å². The van der Waals surface area contributed by atoms with Crippen molar-refractivity contribution in [1.82, 2.24) is 4.90 Å². The Kier molecular flexibility index (Phi) is 5.70. The number of benzene rings is 2. The van der Waals surface area contributed by atoms with E-state index in [1.54, 1.807) is 0 Å². The summed E-state index contributed by atoms with van der Waals surface area (Å²) >= 11 is 0. The Morgan fingerprint density at radius 3 is 2.11 bits per heavy atom. The highest BCUT2D eigenvalue weighted by atomic mass is 19.4. The number of hydrogen-bond acceptors (Lipinski definition) is 3. The number of amides is 1. The van der Waals surface area contributed by atoms with E-state index in [2.05, 4.69) is 27.2 Å². The van der Waals surface area contributed by atoms with Crippen LogP contribution in [0.4, 0.5) is 24.5 Å². The molecule has 7 heteroatoms. The summed E-state index contributed by atoms with van der Waals surface area (Å²) in [7, 11) is 0. The summed E-state index contributed by atoms with van der Waals surface area (Å²) in [6.07, 6.45) is -4.38. The van der Waals surface area contributed by atoms with Gasteiger partial charge in [0.15, 0.2) is 0 Å². The minimum Gasteiger partial charge on any atom is -0.369 e. The molecule has 1 fully saturated rings. The van der Waals surface area contributed by atoms with Gasteiger partial charge in [0.05, 0.1) is 11.6 Å². The smallest absolute Gasteiger partial charge is 0.369 e. The van der Waals surface area contributed by atoms with Gasteiger partial charge in [-0.25, -0.2) is 0 Å². The van der Waals surface area contributed by atoms with Crippen LogP contribution in [-0.2, 0) is 11.0 Å². The fourth-order valence-electron chi connectivity index (χ4n) is 3.16. The first-order valence-electron chi connectivity index (χ1n) is 8.87. The molecule has 2 aromatic carbocycles. The molecule has 1 atom stereocenters. The van der Waals surface area contributed by atoms with Gasteiger partial charge in [0.25, 0.3) is 0 Å². The van der Waals surface area contributed by atoms with E-state index < -0.39 is 11.7 Å². The highest BCUT2D eigenvalue weighted by Gasteiger charge is 2.30. The van der Waals surface area contributed by atoms with Gasteiger partial charge in [0, 0.05) is 37.6 Å². The van der Waals surface area contributed by atoms with Crippen LogP contribution in [0.1, 0.15) is 12.5 Å². The molecule has 1 heterocycles. The molecule has 3 rings (SSSR count). The maximum absolute atomic E-state index is 12.6. The third-order valence-electron chi connectivity index (χ3n) is 4.84. The van der Waals surface area contributed by atoms with E-state index in [9.17, 15) is 18.0 Å². The second-order valence-electron chi connectivity index (χ2n) is 6.60. The van der Waals surface area contributed by atoms with Gasteiger partial charge in [-0.05, 0) is 43.3 Å². The molecule has 1 N–H and O–H groups in total. The van der Waals surface area contributed by atoms with Crippen LogP contribution >= 0.6 is 0 Å². The third-order valence-corrected chi connectivity index (χ3v) is 4.84. The van der Waals surface area contributed by atoms with Crippen LogP contribution in [0.15, 0.2) is 54.6 Å². The van der Waals surface area contributed by atoms with Crippen molar-refractivity contribution in [2.45, 2.75) is 19.1 Å². The Balaban J connectivity index is 1.54. The van der Waals surface area contributed by atoms with E-state index in [0.717, 1.165) is 38.3 Å². The lowest BCUT2D eigenvalue weighted by molar-refractivity contribution is -0.137. The van der Waals surface area contributed by atoms with Gasteiger partial charge >= 0.3 is 6.18 Å². The average Bonchev–Trinajstić information content (AvgIpc) is 2.68. The van der Waals surface area contributed by atoms with E-state index in [0.29, 0.717) is 5.69 Å². The fourth-order valence-corrected chi connectivity index (χ4v) is 3.16. The number of halogens is 3. The first kappa shape index (κ1) is 19.2. The molecule has 0 radical (unpaired) electrons. The van der Waals surface area contributed by atoms with Gasteiger partial charge in [0.1, 0.15) is 0 Å². The van der Waals surface area contributed by atoms with Crippen LogP contribution in [0.3, 0.4) is 0 Å². The van der Waals surface area contributed by atoms with E-state index in [4.69, 9.17) is 0 Å². The van der Waals surface area contributed by atoms with E-state index in [-0.39, 0.29) is 11.9 Å². The van der Waals surface area contributed by atoms with Crippen LogP contribution < -0.4 is 10.2 Å². The summed E-state index contributed by atoms with van der Waals surface area (Å²) in [4.78, 5) is 16.8. The number of anilines is 2. The zero-order valence-corrected chi connectivity index (χ0v) is 15.0. The molecular weight excluding hydrogens is 355 g/mol. The number of nitrogens with one attached hydrogen (secondary N) is 1. The first-order valence-corrected chi connectivity index (χ1v) is 8.87. The number of nitrogens with zero attached hydrogens (tertiary/aromatic N) is 2. The van der Waals surface area contributed by atoms with E-state index in [1.807, 2.05) is 25.1 Å². The summed E-state index contributed by atoms with van der Waals surface area (Å²) in [6, 6.07) is 14.3. The molecule has 0 aromatic heterocycles. The summed E-state index contributed by atoms with van der Waals surface area (Å²) in [5.41, 5.74) is 0.798. The Bertz CT molecular complexity index is 754. The second-order valence-corrected chi connectivity index (χ2v) is 6.60. The quantitative estimate of drug-likeness (QED) is 0.879. The highest BCUT2D eigenvalue weighted by molar-refractivity contribution is 5.94. The molecule has 0 saturated carbocycles. The molecule has 0 bridgehead atoms. The van der Waals surface area contributed by atoms with Crippen molar-refractivity contribution in [2.75, 3.05) is 36.4 Å². The first-order chi connectivity index (χ1) is 12.8. The molecule has 27 heavy (non-hydrogen) atoms. The van der Waals surface area contributed by atoms with Gasteiger partial charge in [-0.2, -0.15) is 13.2 Å². The van der Waals surface area contributed by atoms with Gasteiger partial charge < -0.3 is 10.2 Å². The minimum atomic E-state index is -4.38. The number of carbonyl (C=O) groups is 1. The number of piperazine rings is 1. The summed E-state index contributed by atoms with van der Waals surface area (Å²) in [6.45, 7) is 4.95. The number of rotatable bonds is 4. The van der Waals surface area contributed by atoms with Crippen molar-refractivity contribution in [3.8, 4) is 0 Å². The Morgan fingerprint density at radius 1 is 0.963 bits per heavy atom. The minimum absolute atomic E-state index is 0.220. The number of hydrogen-bond donors (Lipinski definition) is 1. The van der Waals surface area contributed by atoms with Crippen LogP contribution in [0.2, 0.25) is 0 Å². The lowest BCUT2D eigenvalue weighted by atomic mass is 10.1. The normalized spacial score (nSPS) is 16.8. The molecule has 4 nitrogen and oxygen atoms in total. The Morgan fingerprint density at radius 2 is 1.56 bits per heavy atom. The van der Waals surface area contributed by atoms with Gasteiger partial charge in [-0.1, -0.05) is 18.2 Å². The monoisotopic (exact) mass is 377 g/mol. The third kappa shape index (κ3) is 4.80. The Hall–Kier alpha value is -2.54. The van der Waals surface area contributed by atoms with Crippen LogP contribution in [-0.4, -0.2) is 43.0 Å². The average molecular weight is 377 g/mol. The fraction of sp³-hybridized carbons (Fsp3) is 0.350. The predicted octanol–water partition coefficient (Wildman–Crippen LogP) is 3.85. The van der Waals surface area contributed by atoms with Crippen LogP contribution in [0, 0.1) is 0 Å². The molecule has 0 spiro atoms. The van der Waals surface area contributed by atoms with Gasteiger partial charge in [-0.15, -0.1) is 0 Å². The topological polar surface area (TPSA) is 35.6 Å². The number of alkyl halides is 3. The van der Waals surface area contributed by atoms with Crippen LogP contribution in [0.25, 0.3) is 0 Å². The predicted molar refractivity (Wildman–Crippen MR) is 99.8 cm³/mol. The van der Waals surface area contributed by atoms with Crippen molar-refractivity contribution in [3.05, 3.63) is 60.2 Å². The van der Waals surface area contributed by atoms with Crippen LogP contribution in [0.5, 0.6) is 0 Å². The zero-order chi connectivity index (χ0) is 19.4. The van der Waals surface area contributed by atoms with Crippen molar-refractivity contribution < 1.29 is 18.0 Å². The van der Waals surface area contributed by atoms with Crippen molar-refractivity contribution in [2.24, 2.45) is 0 Å². The maximum Gasteiger partial charge on any atom is 0.416 e. The summed E-state index contributed by atoms with van der Waals surface area (Å²) in [5.74, 6) is -0.220. The summed E-state index contributed by atoms with van der Waals surface area (Å²) in [5, 5.41) is 2.70. The molecule has 144 valence electrons. The largest absolute Gasteiger partial charge is 0.416 e. The Labute approximate surface area is 156 Å². The molecule has 1 unspecified atom stereocenters. The second kappa shape index (κ2) is 8.00. The van der Waals surface area contributed by atoms with Crippen molar-refractivity contribution in [1.29, 1.82) is 0 Å². The zero-order valence-electron chi connectivity index (χ0n) is 15.0. The maximum atomic E-state index is 12.6. The van der Waals surface area contributed by atoms with E-state index in [1.165, 1.54) is 17.8 Å². The lowest BCUT2D eigenvalue weighted by Gasteiger charge is -2.38. The van der Waals surface area contributed by atoms with Gasteiger partial charge in [-0.3, -0.25) is 9.69 Å². The van der Waals surface area contributed by atoms with E-state index >= 15 is 0 Å². The number of carbonyl (C=O) groups excluding carboxylic acids is 1. The molecule has 0 aliphatic carbocycles. The molecule has 1 aliphatic heterocycles. The van der Waals surface area contributed by atoms with Crippen molar-refractivity contribution in [3.63, 3.8) is 0 Å². The molecule has 1 saturated heterocycles.